The quantitative estimate of drug-likeness (QED) is 0.329. The monoisotopic (exact) mass is 283 g/mol. The van der Waals surface area contributed by atoms with Gasteiger partial charge < -0.3 is 16.3 Å². The lowest BCUT2D eigenvalue weighted by Crippen LogP contribution is -2.21. The van der Waals surface area contributed by atoms with Crippen molar-refractivity contribution >= 4 is 11.5 Å². The van der Waals surface area contributed by atoms with Gasteiger partial charge in [-0.25, -0.2) is 0 Å². The molecule has 4 nitrogen and oxygen atoms in total. The third-order valence-electron chi connectivity index (χ3n) is 3.42. The van der Waals surface area contributed by atoms with Gasteiger partial charge in [-0.2, -0.15) is 0 Å². The molecule has 2 aromatic rings. The predicted octanol–water partition coefficient (Wildman–Crippen LogP) is 3.54. The van der Waals surface area contributed by atoms with Crippen LogP contribution in [0.2, 0.25) is 0 Å². The zero-order chi connectivity index (χ0) is 15.1. The maximum atomic E-state index is 8.81. The molecule has 110 valence electrons. The van der Waals surface area contributed by atoms with Crippen molar-refractivity contribution in [2.45, 2.75) is 25.8 Å². The number of nitrogens with one attached hydrogen (secondary N) is 1. The van der Waals surface area contributed by atoms with Gasteiger partial charge in [0.1, 0.15) is 5.84 Å². The smallest absolute Gasteiger partial charge is 0.141 e. The van der Waals surface area contributed by atoms with Crippen molar-refractivity contribution < 1.29 is 5.21 Å². The van der Waals surface area contributed by atoms with E-state index in [9.17, 15) is 0 Å². The Morgan fingerprint density at radius 3 is 2.62 bits per heavy atom. The Morgan fingerprint density at radius 1 is 1.19 bits per heavy atom. The number of nitrogens with two attached hydrogens (primary N) is 1. The minimum atomic E-state index is -0.0331. The maximum absolute atomic E-state index is 8.81. The van der Waals surface area contributed by atoms with Crippen LogP contribution in [0.4, 0.5) is 5.69 Å². The molecule has 0 bridgehead atoms. The van der Waals surface area contributed by atoms with Crippen molar-refractivity contribution in [1.82, 2.24) is 0 Å². The Bertz CT molecular complexity index is 596. The molecule has 2 rings (SSSR count). The van der Waals surface area contributed by atoms with E-state index in [1.165, 1.54) is 5.56 Å². The van der Waals surface area contributed by atoms with Crippen molar-refractivity contribution in [3.63, 3.8) is 0 Å². The van der Waals surface area contributed by atoms with Gasteiger partial charge in [-0.15, -0.1) is 0 Å². The molecular weight excluding hydrogens is 262 g/mol. The SMILES string of the molecule is CCc1cccc(NC(CC(N)=NO)c2ccccc2)c1. The molecule has 0 saturated heterocycles. The van der Waals surface area contributed by atoms with Crippen LogP contribution in [0.1, 0.15) is 30.5 Å². The van der Waals surface area contributed by atoms with Crippen molar-refractivity contribution in [2.75, 3.05) is 5.32 Å². The zero-order valence-corrected chi connectivity index (χ0v) is 12.2. The molecule has 0 saturated carbocycles. The van der Waals surface area contributed by atoms with E-state index in [-0.39, 0.29) is 11.9 Å². The summed E-state index contributed by atoms with van der Waals surface area (Å²) in [5.74, 6) is 0.211. The number of rotatable bonds is 6. The van der Waals surface area contributed by atoms with Crippen LogP contribution in [0, 0.1) is 0 Å². The van der Waals surface area contributed by atoms with Crippen molar-refractivity contribution in [2.24, 2.45) is 10.9 Å². The summed E-state index contributed by atoms with van der Waals surface area (Å²) in [7, 11) is 0. The van der Waals surface area contributed by atoms with Gasteiger partial charge in [0.2, 0.25) is 0 Å². The van der Waals surface area contributed by atoms with E-state index in [1.807, 2.05) is 42.5 Å². The molecule has 1 atom stereocenters. The number of anilines is 1. The summed E-state index contributed by atoms with van der Waals surface area (Å²) in [6.07, 6.45) is 1.43. The minimum absolute atomic E-state index is 0.0331. The lowest BCUT2D eigenvalue weighted by molar-refractivity contribution is 0.316. The number of hydrogen-bond donors (Lipinski definition) is 3. The maximum Gasteiger partial charge on any atom is 0.141 e. The lowest BCUT2D eigenvalue weighted by Gasteiger charge is -2.20. The first kappa shape index (κ1) is 14.9. The predicted molar refractivity (Wildman–Crippen MR) is 86.7 cm³/mol. The Balaban J connectivity index is 2.23. The molecule has 2 aromatic carbocycles. The Hall–Kier alpha value is -2.49. The fourth-order valence-corrected chi connectivity index (χ4v) is 2.27. The highest BCUT2D eigenvalue weighted by Crippen LogP contribution is 2.23. The van der Waals surface area contributed by atoms with Gasteiger partial charge in [-0.1, -0.05) is 54.5 Å². The van der Waals surface area contributed by atoms with Gasteiger partial charge in [0.05, 0.1) is 6.04 Å². The van der Waals surface area contributed by atoms with Crippen LogP contribution >= 0.6 is 0 Å². The first-order valence-corrected chi connectivity index (χ1v) is 7.09. The molecule has 0 fully saturated rings. The Morgan fingerprint density at radius 2 is 1.95 bits per heavy atom. The van der Waals surface area contributed by atoms with Crippen molar-refractivity contribution in [3.8, 4) is 0 Å². The van der Waals surface area contributed by atoms with E-state index >= 15 is 0 Å². The second-order valence-electron chi connectivity index (χ2n) is 4.96. The van der Waals surface area contributed by atoms with Gasteiger partial charge in [-0.3, -0.25) is 0 Å². The second kappa shape index (κ2) is 7.33. The third kappa shape index (κ3) is 4.24. The number of benzene rings is 2. The lowest BCUT2D eigenvalue weighted by atomic mass is 10.0. The minimum Gasteiger partial charge on any atom is -0.409 e. The molecule has 21 heavy (non-hydrogen) atoms. The van der Waals surface area contributed by atoms with Crippen molar-refractivity contribution in [3.05, 3.63) is 65.7 Å². The van der Waals surface area contributed by atoms with Gasteiger partial charge in [0.25, 0.3) is 0 Å². The topological polar surface area (TPSA) is 70.6 Å². The summed E-state index contributed by atoms with van der Waals surface area (Å²) in [4.78, 5) is 0. The molecule has 0 aromatic heterocycles. The number of hydrogen-bond acceptors (Lipinski definition) is 3. The van der Waals surface area contributed by atoms with Crippen LogP contribution in [-0.4, -0.2) is 11.0 Å². The number of aryl methyl sites for hydroxylation is 1. The fourth-order valence-electron chi connectivity index (χ4n) is 2.27. The summed E-state index contributed by atoms with van der Waals surface area (Å²) in [5, 5.41) is 15.4. The highest BCUT2D eigenvalue weighted by atomic mass is 16.4. The molecule has 0 heterocycles. The van der Waals surface area contributed by atoms with Crippen LogP contribution < -0.4 is 11.1 Å². The van der Waals surface area contributed by atoms with E-state index in [0.29, 0.717) is 6.42 Å². The first-order chi connectivity index (χ1) is 10.2. The van der Waals surface area contributed by atoms with Crippen LogP contribution in [0.15, 0.2) is 59.8 Å². The highest BCUT2D eigenvalue weighted by molar-refractivity contribution is 5.80. The zero-order valence-electron chi connectivity index (χ0n) is 12.2. The molecule has 1 unspecified atom stereocenters. The molecular formula is C17H21N3O. The molecule has 0 radical (unpaired) electrons. The van der Waals surface area contributed by atoms with Crippen LogP contribution in [0.25, 0.3) is 0 Å². The summed E-state index contributed by atoms with van der Waals surface area (Å²) >= 11 is 0. The summed E-state index contributed by atoms with van der Waals surface area (Å²) in [5.41, 5.74) is 9.09. The van der Waals surface area contributed by atoms with E-state index in [0.717, 1.165) is 17.7 Å². The summed E-state index contributed by atoms with van der Waals surface area (Å²) in [6.45, 7) is 2.13. The largest absolute Gasteiger partial charge is 0.409 e. The average molecular weight is 283 g/mol. The normalized spacial score (nSPS) is 12.9. The van der Waals surface area contributed by atoms with Gasteiger partial charge >= 0.3 is 0 Å². The average Bonchev–Trinajstić information content (AvgIpc) is 2.55. The van der Waals surface area contributed by atoms with Gasteiger partial charge in [-0.05, 0) is 29.7 Å². The number of oxime groups is 1. The van der Waals surface area contributed by atoms with E-state index in [4.69, 9.17) is 10.9 Å². The van der Waals surface area contributed by atoms with E-state index < -0.39 is 0 Å². The highest BCUT2D eigenvalue weighted by Gasteiger charge is 2.13. The van der Waals surface area contributed by atoms with Crippen LogP contribution in [0.5, 0.6) is 0 Å². The van der Waals surface area contributed by atoms with Crippen molar-refractivity contribution in [1.29, 1.82) is 0 Å². The fraction of sp³-hybridized carbons (Fsp3) is 0.235. The molecule has 4 heteroatoms. The standard InChI is InChI=1S/C17H21N3O/c1-2-13-7-6-10-15(11-13)19-16(12-17(18)20-21)14-8-4-3-5-9-14/h3-11,16,19,21H,2,12H2,1H3,(H2,18,20). The van der Waals surface area contributed by atoms with Crippen LogP contribution in [0.3, 0.4) is 0 Å². The molecule has 0 spiro atoms. The number of amidine groups is 1. The first-order valence-electron chi connectivity index (χ1n) is 7.09. The van der Waals surface area contributed by atoms with Gasteiger partial charge in [0.15, 0.2) is 0 Å². The summed E-state index contributed by atoms with van der Waals surface area (Å²) < 4.78 is 0. The Labute approximate surface area is 125 Å². The van der Waals surface area contributed by atoms with E-state index in [2.05, 4.69) is 29.5 Å². The number of nitrogens with zero attached hydrogens (tertiary/aromatic N) is 1. The molecule has 0 aliphatic carbocycles. The van der Waals surface area contributed by atoms with Gasteiger partial charge in [0, 0.05) is 12.1 Å². The molecule has 0 aliphatic heterocycles. The van der Waals surface area contributed by atoms with E-state index in [1.54, 1.807) is 0 Å². The third-order valence-corrected chi connectivity index (χ3v) is 3.42. The Kier molecular flexibility index (Phi) is 5.21. The van der Waals surface area contributed by atoms with Crippen LogP contribution in [-0.2, 0) is 6.42 Å². The summed E-state index contributed by atoms with van der Waals surface area (Å²) in [6, 6.07) is 18.3. The molecule has 0 aliphatic rings. The second-order valence-corrected chi connectivity index (χ2v) is 4.96. The molecule has 0 amide bonds. The molecule has 4 N–H and O–H groups in total.